The van der Waals surface area contributed by atoms with Crippen LogP contribution in [-0.2, 0) is 52.7 Å². The molecule has 3 aliphatic heterocycles. The first-order chi connectivity index (χ1) is 26.8. The number of amides is 5. The fraction of sp³-hybridized carbons (Fsp3) is 0.513. The highest BCUT2D eigenvalue weighted by atomic mass is 32.2. The van der Waals surface area contributed by atoms with E-state index in [4.69, 9.17) is 9.47 Å². The van der Waals surface area contributed by atoms with Crippen molar-refractivity contribution in [2.75, 3.05) is 6.54 Å². The number of nitrogens with one attached hydrogen (secondary N) is 3. The molecule has 0 aromatic heterocycles. The molecule has 6 rings (SSSR count). The number of hydrogen-bond donors (Lipinski definition) is 3. The van der Waals surface area contributed by atoms with E-state index in [1.807, 2.05) is 10.8 Å². The van der Waals surface area contributed by atoms with Crippen LogP contribution in [-0.4, -0.2) is 84.0 Å². The number of benzene rings is 2. The summed E-state index contributed by atoms with van der Waals surface area (Å²) in [5, 5.41) is 5.31. The number of sulfonamides is 1. The van der Waals surface area contributed by atoms with Gasteiger partial charge in [-0.15, -0.1) is 0 Å². The van der Waals surface area contributed by atoms with E-state index in [2.05, 4.69) is 10.6 Å². The molecule has 1 aliphatic carbocycles. The number of nitrogens with zero attached hydrogens (tertiary/aromatic N) is 2. The third kappa shape index (κ3) is 10.1. The largest absolute Gasteiger partial charge is 0.444 e. The van der Waals surface area contributed by atoms with E-state index in [9.17, 15) is 45.6 Å². The minimum Gasteiger partial charge on any atom is -0.444 e. The Morgan fingerprint density at radius 1 is 1.02 bits per heavy atom. The Morgan fingerprint density at radius 2 is 1.75 bits per heavy atom. The second-order valence-electron chi connectivity index (χ2n) is 16.0. The van der Waals surface area contributed by atoms with Crippen molar-refractivity contribution in [3.05, 3.63) is 82.7 Å². The molecule has 308 valence electrons. The SMILES string of the molecule is CC(C)(C)OC(=O)N[C@H]1CCCCC/C=C\[C@H]2C[C@@]2(C(=O)NS(=O)(=O)Cc2cc(F)cc(F)c2)NC(=O)[C@@H]2C[C@@H](OC(=O)N3Cc4cccc(F)c4C3)CN2C1=O. The maximum Gasteiger partial charge on any atom is 0.410 e. The van der Waals surface area contributed by atoms with Crippen LogP contribution in [0.15, 0.2) is 48.6 Å². The lowest BCUT2D eigenvalue weighted by atomic mass is 10.0. The number of carbonyl (C=O) groups excluding carboxylic acids is 5. The standard InChI is InChI=1S/C39H46F3N5O9S/c1-38(2,3)56-36(51)43-31-13-8-6-4-5-7-11-25-18-39(25,35(50)45-57(53,54)22-23-14-26(40)16-27(41)15-23)44-33(48)32-17-28(20-47(32)34(31)49)55-37(52)46-19-24-10-9-12-30(42)29(24)21-46/h7,9-12,14-16,25,28,31-32H,4-6,8,13,17-22H2,1-3H3,(H,43,51)(H,44,48)(H,45,50)/b11-7-/t25-,28+,31-,32-,39+/m0/s1. The van der Waals surface area contributed by atoms with Crippen LogP contribution in [0.25, 0.3) is 0 Å². The summed E-state index contributed by atoms with van der Waals surface area (Å²) in [5.74, 6) is -6.66. The molecular formula is C39H46F3N5O9S. The summed E-state index contributed by atoms with van der Waals surface area (Å²) in [5.41, 5.74) is -1.96. The molecule has 4 aliphatic rings. The predicted molar refractivity (Wildman–Crippen MR) is 198 cm³/mol. The van der Waals surface area contributed by atoms with Gasteiger partial charge in [-0.25, -0.2) is 31.2 Å². The molecule has 0 bridgehead atoms. The third-order valence-electron chi connectivity index (χ3n) is 10.3. The number of allylic oxidation sites excluding steroid dienone is 1. The first-order valence-electron chi connectivity index (χ1n) is 18.8. The van der Waals surface area contributed by atoms with Gasteiger partial charge in [-0.1, -0.05) is 37.1 Å². The first-order valence-corrected chi connectivity index (χ1v) is 20.5. The van der Waals surface area contributed by atoms with Crippen LogP contribution in [0.2, 0.25) is 0 Å². The summed E-state index contributed by atoms with van der Waals surface area (Å²) in [6, 6.07) is 4.23. The van der Waals surface area contributed by atoms with Crippen molar-refractivity contribution in [3.63, 3.8) is 0 Å². The Balaban J connectivity index is 1.25. The number of carbonyl (C=O) groups is 5. The zero-order chi connectivity index (χ0) is 41.3. The highest BCUT2D eigenvalue weighted by Gasteiger charge is 2.61. The zero-order valence-electron chi connectivity index (χ0n) is 31.8. The molecule has 2 fully saturated rings. The number of fused-ring (bicyclic) bond motifs is 3. The van der Waals surface area contributed by atoms with E-state index in [1.165, 1.54) is 21.9 Å². The van der Waals surface area contributed by atoms with Crippen molar-refractivity contribution in [2.24, 2.45) is 5.92 Å². The average Bonchev–Trinajstić information content (AvgIpc) is 3.39. The van der Waals surface area contributed by atoms with Crippen molar-refractivity contribution < 1.29 is 55.0 Å². The summed E-state index contributed by atoms with van der Waals surface area (Å²) < 4.78 is 81.5. The van der Waals surface area contributed by atoms with Gasteiger partial charge in [0.2, 0.25) is 21.8 Å². The Bertz CT molecular complexity index is 2060. The molecule has 18 heteroatoms. The number of rotatable bonds is 6. The smallest absolute Gasteiger partial charge is 0.410 e. The molecule has 2 aromatic rings. The summed E-state index contributed by atoms with van der Waals surface area (Å²) in [6.07, 6.45) is 3.20. The van der Waals surface area contributed by atoms with E-state index >= 15 is 0 Å². The van der Waals surface area contributed by atoms with Crippen molar-refractivity contribution in [3.8, 4) is 0 Å². The molecular weight excluding hydrogens is 772 g/mol. The van der Waals surface area contributed by atoms with Crippen LogP contribution in [0, 0.1) is 23.4 Å². The van der Waals surface area contributed by atoms with Crippen molar-refractivity contribution >= 4 is 39.9 Å². The number of halogens is 3. The zero-order valence-corrected chi connectivity index (χ0v) is 32.6. The molecule has 3 N–H and O–H groups in total. The van der Waals surface area contributed by atoms with E-state index in [-0.39, 0.29) is 44.5 Å². The van der Waals surface area contributed by atoms with E-state index in [1.54, 1.807) is 32.9 Å². The first kappa shape index (κ1) is 41.5. The summed E-state index contributed by atoms with van der Waals surface area (Å²) in [7, 11) is -4.53. The lowest BCUT2D eigenvalue weighted by Gasteiger charge is -2.30. The van der Waals surface area contributed by atoms with Gasteiger partial charge < -0.3 is 25.0 Å². The van der Waals surface area contributed by atoms with Crippen LogP contribution in [0.5, 0.6) is 0 Å². The fourth-order valence-electron chi connectivity index (χ4n) is 7.52. The number of hydrogen-bond acceptors (Lipinski definition) is 9. The molecule has 0 radical (unpaired) electrons. The lowest BCUT2D eigenvalue weighted by molar-refractivity contribution is -0.141. The maximum absolute atomic E-state index is 14.5. The number of ether oxygens (including phenoxy) is 2. The molecule has 5 atom stereocenters. The summed E-state index contributed by atoms with van der Waals surface area (Å²) in [6.45, 7) is 4.74. The van der Waals surface area contributed by atoms with Gasteiger partial charge in [0.25, 0.3) is 5.91 Å². The van der Waals surface area contributed by atoms with Gasteiger partial charge in [-0.3, -0.25) is 24.0 Å². The molecule has 3 heterocycles. The molecule has 0 spiro atoms. The van der Waals surface area contributed by atoms with Gasteiger partial charge in [0.15, 0.2) is 0 Å². The Morgan fingerprint density at radius 3 is 2.46 bits per heavy atom. The van der Waals surface area contributed by atoms with Crippen LogP contribution < -0.4 is 15.4 Å². The minimum atomic E-state index is -4.53. The van der Waals surface area contributed by atoms with Gasteiger partial charge in [0, 0.05) is 30.5 Å². The second-order valence-corrected chi connectivity index (χ2v) is 17.7. The molecule has 5 amide bonds. The maximum atomic E-state index is 14.5. The Hall–Kier alpha value is -5.13. The van der Waals surface area contributed by atoms with Crippen molar-refractivity contribution in [2.45, 2.75) is 114 Å². The van der Waals surface area contributed by atoms with Gasteiger partial charge in [0.1, 0.15) is 46.8 Å². The van der Waals surface area contributed by atoms with Gasteiger partial charge >= 0.3 is 12.2 Å². The van der Waals surface area contributed by atoms with Crippen molar-refractivity contribution in [1.82, 2.24) is 25.2 Å². The van der Waals surface area contributed by atoms with Gasteiger partial charge in [-0.2, -0.15) is 0 Å². The third-order valence-corrected chi connectivity index (χ3v) is 11.5. The average molecular weight is 818 g/mol. The van der Waals surface area contributed by atoms with Gasteiger partial charge in [-0.05, 0) is 75.8 Å². The molecule has 0 unspecified atom stereocenters. The van der Waals surface area contributed by atoms with Crippen molar-refractivity contribution in [1.29, 1.82) is 0 Å². The fourth-order valence-corrected chi connectivity index (χ4v) is 8.67. The molecule has 2 aromatic carbocycles. The Labute approximate surface area is 328 Å². The monoisotopic (exact) mass is 817 g/mol. The second kappa shape index (κ2) is 16.4. The quantitative estimate of drug-likeness (QED) is 0.355. The molecule has 1 saturated carbocycles. The van der Waals surface area contributed by atoms with Crippen LogP contribution in [0.4, 0.5) is 22.8 Å². The highest BCUT2D eigenvalue weighted by molar-refractivity contribution is 7.89. The molecule has 1 saturated heterocycles. The highest BCUT2D eigenvalue weighted by Crippen LogP contribution is 2.46. The van der Waals surface area contributed by atoms with E-state index in [0.29, 0.717) is 42.9 Å². The predicted octanol–water partition coefficient (Wildman–Crippen LogP) is 4.46. The number of alkyl carbamates (subject to hydrolysis) is 1. The summed E-state index contributed by atoms with van der Waals surface area (Å²) >= 11 is 0. The topological polar surface area (TPSA) is 181 Å². The van der Waals surface area contributed by atoms with Crippen LogP contribution >= 0.6 is 0 Å². The van der Waals surface area contributed by atoms with Gasteiger partial charge in [0.05, 0.1) is 18.8 Å². The molecule has 57 heavy (non-hydrogen) atoms. The Kier molecular flexibility index (Phi) is 11.9. The minimum absolute atomic E-state index is 0.000823. The van der Waals surface area contributed by atoms with Crippen LogP contribution in [0.3, 0.4) is 0 Å². The summed E-state index contributed by atoms with van der Waals surface area (Å²) in [4.78, 5) is 71.3. The van der Waals surface area contributed by atoms with E-state index < -0.39 is 98.4 Å². The normalized spacial score (nSPS) is 25.8. The molecule has 14 nitrogen and oxygen atoms in total. The van der Waals surface area contributed by atoms with Crippen LogP contribution in [0.1, 0.15) is 82.4 Å². The van der Waals surface area contributed by atoms with E-state index in [0.717, 1.165) is 12.1 Å². The lowest BCUT2D eigenvalue weighted by Crippen LogP contribution is -2.58.